The molecule has 0 spiro atoms. The maximum atomic E-state index is 13.9. The number of halogens is 1. The minimum absolute atomic E-state index is 0.239. The van der Waals surface area contributed by atoms with Crippen LogP contribution >= 0.6 is 11.3 Å². The van der Waals surface area contributed by atoms with E-state index in [0.29, 0.717) is 12.1 Å². The maximum absolute atomic E-state index is 13.9. The minimum Gasteiger partial charge on any atom is -0.322 e. The van der Waals surface area contributed by atoms with Crippen molar-refractivity contribution in [1.29, 1.82) is 0 Å². The van der Waals surface area contributed by atoms with Crippen LogP contribution in [0.15, 0.2) is 79.4 Å². The Labute approximate surface area is 171 Å². The number of rotatable bonds is 6. The number of hydrogen-bond acceptors (Lipinski definition) is 4. The summed E-state index contributed by atoms with van der Waals surface area (Å²) in [6, 6.07) is 17.9. The Bertz CT molecular complexity index is 1150. The quantitative estimate of drug-likeness (QED) is 0.468. The van der Waals surface area contributed by atoms with E-state index in [-0.39, 0.29) is 11.7 Å². The average molecular weight is 404 g/mol. The van der Waals surface area contributed by atoms with Crippen molar-refractivity contribution in [3.8, 4) is 10.4 Å². The van der Waals surface area contributed by atoms with Gasteiger partial charge in [0, 0.05) is 27.1 Å². The summed E-state index contributed by atoms with van der Waals surface area (Å²) in [4.78, 5) is 18.0. The van der Waals surface area contributed by atoms with Gasteiger partial charge >= 0.3 is 0 Å². The normalized spacial score (nSPS) is 11.1. The zero-order valence-corrected chi connectivity index (χ0v) is 16.1. The molecule has 0 atom stereocenters. The van der Waals surface area contributed by atoms with Crippen LogP contribution in [0.25, 0.3) is 16.5 Å². The summed E-state index contributed by atoms with van der Waals surface area (Å²) >= 11 is 1.43. The Hall–Kier alpha value is -3.58. The highest BCUT2D eigenvalue weighted by Gasteiger charge is 2.08. The number of para-hydroxylation sites is 1. The topological polar surface area (TPSA) is 59.8 Å². The van der Waals surface area contributed by atoms with E-state index in [2.05, 4.69) is 15.4 Å². The molecule has 2 aromatic carbocycles. The molecule has 4 rings (SSSR count). The first-order valence-corrected chi connectivity index (χ1v) is 9.75. The highest BCUT2D eigenvalue weighted by Crippen LogP contribution is 2.30. The van der Waals surface area contributed by atoms with Crippen LogP contribution in [0.1, 0.15) is 10.4 Å². The fraction of sp³-hybridized carbons (Fsp3) is 0.0455. The molecule has 144 valence electrons. The van der Waals surface area contributed by atoms with Crippen LogP contribution in [0, 0.1) is 5.82 Å². The van der Waals surface area contributed by atoms with Gasteiger partial charge in [-0.15, -0.1) is 11.3 Å². The van der Waals surface area contributed by atoms with Crippen LogP contribution in [-0.2, 0) is 11.3 Å². The third kappa shape index (κ3) is 4.64. The lowest BCUT2D eigenvalue weighted by atomic mass is 10.1. The second-order valence-electron chi connectivity index (χ2n) is 6.25. The van der Waals surface area contributed by atoms with Crippen LogP contribution in [0.2, 0.25) is 0 Å². The molecule has 29 heavy (non-hydrogen) atoms. The van der Waals surface area contributed by atoms with Crippen LogP contribution < -0.4 is 5.32 Å². The van der Waals surface area contributed by atoms with Crippen LogP contribution in [0.5, 0.6) is 0 Å². The van der Waals surface area contributed by atoms with Gasteiger partial charge in [0.1, 0.15) is 18.5 Å². The molecule has 0 aliphatic rings. The predicted octanol–water partition coefficient (Wildman–Crippen LogP) is 4.85. The van der Waals surface area contributed by atoms with E-state index >= 15 is 0 Å². The third-order valence-corrected chi connectivity index (χ3v) is 5.32. The molecule has 0 saturated carbocycles. The Kier molecular flexibility index (Phi) is 5.58. The summed E-state index contributed by atoms with van der Waals surface area (Å²) in [6.07, 6.45) is 6.30. The molecule has 0 aliphatic carbocycles. The van der Waals surface area contributed by atoms with E-state index in [1.54, 1.807) is 35.3 Å². The number of hydrogen-bond donors (Lipinski definition) is 1. The summed E-state index contributed by atoms with van der Waals surface area (Å²) < 4.78 is 15.6. The molecule has 0 unspecified atom stereocenters. The van der Waals surface area contributed by atoms with E-state index in [1.807, 2.05) is 36.4 Å². The van der Waals surface area contributed by atoms with Crippen molar-refractivity contribution >= 4 is 29.0 Å². The summed E-state index contributed by atoms with van der Waals surface area (Å²) in [5, 5.41) is 6.99. The molecule has 1 N–H and O–H groups in total. The van der Waals surface area contributed by atoms with Gasteiger partial charge in [0.05, 0.1) is 6.54 Å². The van der Waals surface area contributed by atoms with Crippen molar-refractivity contribution in [1.82, 2.24) is 14.8 Å². The van der Waals surface area contributed by atoms with Crippen molar-refractivity contribution in [3.05, 3.63) is 95.7 Å². The van der Waals surface area contributed by atoms with Gasteiger partial charge < -0.3 is 5.32 Å². The monoisotopic (exact) mass is 404 g/mol. The molecule has 0 bridgehead atoms. The maximum Gasteiger partial charge on any atom is 0.248 e. The Balaban J connectivity index is 1.44. The van der Waals surface area contributed by atoms with Gasteiger partial charge in [-0.2, -0.15) is 5.10 Å². The third-order valence-electron chi connectivity index (χ3n) is 4.24. The number of nitrogens with zero attached hydrogens (tertiary/aromatic N) is 3. The zero-order valence-electron chi connectivity index (χ0n) is 15.3. The number of thiophene rings is 1. The van der Waals surface area contributed by atoms with Crippen molar-refractivity contribution in [2.24, 2.45) is 0 Å². The lowest BCUT2D eigenvalue weighted by molar-refractivity contribution is -0.111. The van der Waals surface area contributed by atoms with Gasteiger partial charge in [-0.25, -0.2) is 14.1 Å². The summed E-state index contributed by atoms with van der Waals surface area (Å²) in [5.41, 5.74) is 2.21. The molecule has 7 heteroatoms. The van der Waals surface area contributed by atoms with E-state index in [9.17, 15) is 9.18 Å². The lowest BCUT2D eigenvalue weighted by Crippen LogP contribution is -2.11. The standard InChI is InChI=1S/C22H17FN4OS/c23-19-7-3-2-6-18(19)21-11-9-17(29-21)10-12-22(28)26-20-8-4-1-5-16(20)13-27-15-24-14-25-27/h1-12,14-15H,13H2,(H,26,28)/b12-10+. The molecule has 5 nitrogen and oxygen atoms in total. The van der Waals surface area contributed by atoms with Gasteiger partial charge in [0.2, 0.25) is 5.91 Å². The first-order chi connectivity index (χ1) is 14.2. The molecular formula is C22H17FN4OS. The second kappa shape index (κ2) is 8.62. The fourth-order valence-corrected chi connectivity index (χ4v) is 3.79. The largest absolute Gasteiger partial charge is 0.322 e. The predicted molar refractivity (Wildman–Crippen MR) is 113 cm³/mol. The molecule has 0 fully saturated rings. The van der Waals surface area contributed by atoms with Crippen molar-refractivity contribution < 1.29 is 9.18 Å². The van der Waals surface area contributed by atoms with Gasteiger partial charge in [-0.05, 0) is 35.9 Å². The van der Waals surface area contributed by atoms with Crippen molar-refractivity contribution in [2.45, 2.75) is 6.54 Å². The molecule has 0 saturated heterocycles. The van der Waals surface area contributed by atoms with Crippen molar-refractivity contribution in [3.63, 3.8) is 0 Å². The highest BCUT2D eigenvalue weighted by molar-refractivity contribution is 7.16. The Morgan fingerprint density at radius 1 is 1.10 bits per heavy atom. The number of nitrogens with one attached hydrogen (secondary N) is 1. The number of anilines is 1. The number of carbonyl (C=O) groups is 1. The van der Waals surface area contributed by atoms with E-state index in [0.717, 1.165) is 21.0 Å². The second-order valence-corrected chi connectivity index (χ2v) is 7.37. The number of amides is 1. The fourth-order valence-electron chi connectivity index (χ4n) is 2.85. The zero-order chi connectivity index (χ0) is 20.1. The van der Waals surface area contributed by atoms with Crippen LogP contribution in [0.3, 0.4) is 0 Å². The first kappa shape index (κ1) is 18.8. The van der Waals surface area contributed by atoms with E-state index in [4.69, 9.17) is 0 Å². The average Bonchev–Trinajstić information content (AvgIpc) is 3.40. The van der Waals surface area contributed by atoms with Crippen LogP contribution in [-0.4, -0.2) is 20.7 Å². The molecular weight excluding hydrogens is 387 g/mol. The van der Waals surface area contributed by atoms with E-state index < -0.39 is 0 Å². The van der Waals surface area contributed by atoms with Gasteiger partial charge in [-0.1, -0.05) is 36.4 Å². The molecule has 2 heterocycles. The first-order valence-electron chi connectivity index (χ1n) is 8.93. The summed E-state index contributed by atoms with van der Waals surface area (Å²) in [7, 11) is 0. The van der Waals surface area contributed by atoms with Crippen molar-refractivity contribution in [2.75, 3.05) is 5.32 Å². The summed E-state index contributed by atoms with van der Waals surface area (Å²) in [5.74, 6) is -0.497. The lowest BCUT2D eigenvalue weighted by Gasteiger charge is -2.09. The molecule has 0 aliphatic heterocycles. The SMILES string of the molecule is O=C(/C=C/c1ccc(-c2ccccc2F)s1)Nc1ccccc1Cn1cncn1. The Morgan fingerprint density at radius 2 is 1.93 bits per heavy atom. The summed E-state index contributed by atoms with van der Waals surface area (Å²) in [6.45, 7) is 0.511. The van der Waals surface area contributed by atoms with Crippen LogP contribution in [0.4, 0.5) is 10.1 Å². The highest BCUT2D eigenvalue weighted by atomic mass is 32.1. The Morgan fingerprint density at radius 3 is 2.76 bits per heavy atom. The smallest absolute Gasteiger partial charge is 0.248 e. The molecule has 2 aromatic heterocycles. The number of carbonyl (C=O) groups excluding carboxylic acids is 1. The molecule has 1 amide bonds. The molecule has 0 radical (unpaired) electrons. The minimum atomic E-state index is -0.258. The van der Waals surface area contributed by atoms with Gasteiger partial charge in [-0.3, -0.25) is 4.79 Å². The molecule has 4 aromatic rings. The van der Waals surface area contributed by atoms with Gasteiger partial charge in [0.15, 0.2) is 0 Å². The van der Waals surface area contributed by atoms with E-state index in [1.165, 1.54) is 29.8 Å². The van der Waals surface area contributed by atoms with Gasteiger partial charge in [0.25, 0.3) is 0 Å². The number of aromatic nitrogens is 3. The number of benzene rings is 2.